The van der Waals surface area contributed by atoms with Crippen LogP contribution in [0.2, 0.25) is 0 Å². The van der Waals surface area contributed by atoms with Gasteiger partial charge in [-0.05, 0) is 73.9 Å². The van der Waals surface area contributed by atoms with Crippen molar-refractivity contribution in [3.05, 3.63) is 71.4 Å². The highest BCUT2D eigenvalue weighted by molar-refractivity contribution is 5.75. The largest absolute Gasteiger partial charge is 0.324 e. The van der Waals surface area contributed by atoms with Crippen LogP contribution in [0.1, 0.15) is 63.8 Å². The summed E-state index contributed by atoms with van der Waals surface area (Å²) in [5.74, 6) is 2.22. The summed E-state index contributed by atoms with van der Waals surface area (Å²) in [5.41, 5.74) is 2.63. The predicted octanol–water partition coefficient (Wildman–Crippen LogP) is 6.03. The molecule has 0 saturated heterocycles. The highest BCUT2D eigenvalue weighted by atomic mass is 16.1. The molecule has 3 aromatic heterocycles. The molecule has 180 valence electrons. The van der Waals surface area contributed by atoms with Crippen LogP contribution in [0.25, 0.3) is 16.7 Å². The maximum absolute atomic E-state index is 13.0. The number of hydrogen-bond acceptors (Lipinski definition) is 5. The highest BCUT2D eigenvalue weighted by Gasteiger charge is 2.30. The molecule has 4 aromatic rings. The van der Waals surface area contributed by atoms with Gasteiger partial charge in [0.1, 0.15) is 5.65 Å². The molecule has 0 radical (unpaired) electrons. The van der Waals surface area contributed by atoms with E-state index in [2.05, 4.69) is 15.4 Å². The summed E-state index contributed by atoms with van der Waals surface area (Å²) in [6.45, 7) is 0. The van der Waals surface area contributed by atoms with E-state index in [4.69, 9.17) is 4.98 Å². The van der Waals surface area contributed by atoms with Crippen LogP contribution in [0, 0.1) is 11.8 Å². The molecule has 35 heavy (non-hydrogen) atoms. The van der Waals surface area contributed by atoms with Gasteiger partial charge >= 0.3 is 0 Å². The van der Waals surface area contributed by atoms with E-state index >= 15 is 0 Å². The summed E-state index contributed by atoms with van der Waals surface area (Å²) >= 11 is 0. The molecule has 0 unspecified atom stereocenters. The van der Waals surface area contributed by atoms with Crippen molar-refractivity contribution in [2.24, 2.45) is 11.8 Å². The van der Waals surface area contributed by atoms with E-state index in [-0.39, 0.29) is 11.6 Å². The van der Waals surface area contributed by atoms with E-state index in [1.54, 1.807) is 12.3 Å². The molecule has 2 aliphatic carbocycles. The number of nitrogens with zero attached hydrogens (tertiary/aromatic N) is 5. The zero-order chi connectivity index (χ0) is 23.6. The first kappa shape index (κ1) is 22.0. The van der Waals surface area contributed by atoms with Gasteiger partial charge in [-0.1, -0.05) is 32.1 Å². The third-order valence-corrected chi connectivity index (χ3v) is 7.98. The van der Waals surface area contributed by atoms with Gasteiger partial charge in [0.25, 0.3) is 5.56 Å². The number of fused-ring (bicyclic) bond motifs is 1. The smallest absolute Gasteiger partial charge is 0.252 e. The van der Waals surface area contributed by atoms with E-state index in [1.165, 1.54) is 44.9 Å². The summed E-state index contributed by atoms with van der Waals surface area (Å²) in [4.78, 5) is 22.3. The van der Waals surface area contributed by atoms with Gasteiger partial charge in [-0.25, -0.2) is 9.67 Å². The van der Waals surface area contributed by atoms with Crippen molar-refractivity contribution in [3.8, 4) is 5.69 Å². The Hall–Kier alpha value is -3.48. The molecule has 0 amide bonds. The van der Waals surface area contributed by atoms with Gasteiger partial charge in [0.05, 0.1) is 5.69 Å². The maximum atomic E-state index is 13.0. The number of pyridine rings is 1. The van der Waals surface area contributed by atoms with E-state index in [0.29, 0.717) is 5.95 Å². The molecule has 0 spiro atoms. The van der Waals surface area contributed by atoms with Crippen molar-refractivity contribution in [2.75, 3.05) is 5.32 Å². The summed E-state index contributed by atoms with van der Waals surface area (Å²) < 4.78 is 3.75. The van der Waals surface area contributed by atoms with E-state index in [9.17, 15) is 4.79 Å². The fourth-order valence-electron chi connectivity index (χ4n) is 6.14. The first-order valence-electron chi connectivity index (χ1n) is 13.0. The lowest BCUT2D eigenvalue weighted by molar-refractivity contribution is 0.169. The minimum atomic E-state index is 0.0341. The average molecular weight is 469 g/mol. The molecule has 2 saturated carbocycles. The van der Waals surface area contributed by atoms with Crippen molar-refractivity contribution in [1.29, 1.82) is 0 Å². The molecule has 3 heterocycles. The topological polar surface area (TPSA) is 77.6 Å². The molecule has 0 aliphatic heterocycles. The van der Waals surface area contributed by atoms with Gasteiger partial charge in [0.2, 0.25) is 5.95 Å². The summed E-state index contributed by atoms with van der Waals surface area (Å²) in [6.07, 6.45) is 17.0. The Balaban J connectivity index is 1.22. The van der Waals surface area contributed by atoms with E-state index in [1.807, 2.05) is 58.0 Å². The number of rotatable bonds is 5. The first-order chi connectivity index (χ1) is 17.2. The normalized spacial score (nSPS) is 21.3. The molecule has 7 heteroatoms. The zero-order valence-electron chi connectivity index (χ0n) is 20.0. The second kappa shape index (κ2) is 9.64. The lowest BCUT2D eigenvalue weighted by Crippen LogP contribution is -2.30. The Kier molecular flexibility index (Phi) is 6.06. The summed E-state index contributed by atoms with van der Waals surface area (Å²) in [5, 5.41) is 8.47. The number of hydrogen-bond donors (Lipinski definition) is 1. The summed E-state index contributed by atoms with van der Waals surface area (Å²) in [6, 6.07) is 13.6. The Morgan fingerprint density at radius 2 is 1.63 bits per heavy atom. The Morgan fingerprint density at radius 3 is 2.37 bits per heavy atom. The minimum absolute atomic E-state index is 0.0341. The molecular formula is C28H32N6O. The van der Waals surface area contributed by atoms with Crippen molar-refractivity contribution >= 4 is 22.7 Å². The maximum Gasteiger partial charge on any atom is 0.252 e. The number of benzene rings is 1. The van der Waals surface area contributed by atoms with Gasteiger partial charge in [-0.15, -0.1) is 0 Å². The first-order valence-corrected chi connectivity index (χ1v) is 13.0. The monoisotopic (exact) mass is 468 g/mol. The second-order valence-corrected chi connectivity index (χ2v) is 10.1. The van der Waals surface area contributed by atoms with Crippen LogP contribution in [-0.4, -0.2) is 24.3 Å². The quantitative estimate of drug-likeness (QED) is 0.387. The van der Waals surface area contributed by atoms with Crippen LogP contribution in [0.15, 0.2) is 65.8 Å². The lowest BCUT2D eigenvalue weighted by atomic mass is 9.72. The molecule has 7 nitrogen and oxygen atoms in total. The minimum Gasteiger partial charge on any atom is -0.324 e. The van der Waals surface area contributed by atoms with Crippen LogP contribution in [0.3, 0.4) is 0 Å². The molecule has 6 rings (SSSR count). The Bertz CT molecular complexity index is 1330. The van der Waals surface area contributed by atoms with Gasteiger partial charge in [-0.3, -0.25) is 9.36 Å². The van der Waals surface area contributed by atoms with Crippen molar-refractivity contribution in [1.82, 2.24) is 24.3 Å². The molecule has 0 bridgehead atoms. The molecule has 0 atom stereocenters. The van der Waals surface area contributed by atoms with Crippen LogP contribution < -0.4 is 10.9 Å². The molecule has 2 aliphatic rings. The highest BCUT2D eigenvalue weighted by Crippen LogP contribution is 2.41. The predicted molar refractivity (Wildman–Crippen MR) is 138 cm³/mol. The molecule has 1 N–H and O–H groups in total. The van der Waals surface area contributed by atoms with Crippen molar-refractivity contribution in [2.45, 2.75) is 63.8 Å². The van der Waals surface area contributed by atoms with Gasteiger partial charge in [-0.2, -0.15) is 10.1 Å². The lowest BCUT2D eigenvalue weighted by Gasteiger charge is -2.36. The molecule has 1 aromatic carbocycles. The Morgan fingerprint density at radius 1 is 0.857 bits per heavy atom. The molecular weight excluding hydrogens is 436 g/mol. The van der Waals surface area contributed by atoms with Gasteiger partial charge < -0.3 is 5.32 Å². The van der Waals surface area contributed by atoms with Crippen LogP contribution in [0.4, 0.5) is 11.6 Å². The second-order valence-electron chi connectivity index (χ2n) is 10.1. The number of nitrogens with one attached hydrogen (secondary N) is 1. The zero-order valence-corrected chi connectivity index (χ0v) is 20.0. The van der Waals surface area contributed by atoms with Gasteiger partial charge in [0, 0.05) is 41.8 Å². The average Bonchev–Trinajstić information content (AvgIpc) is 3.45. The van der Waals surface area contributed by atoms with E-state index < -0.39 is 0 Å². The third-order valence-electron chi connectivity index (χ3n) is 7.98. The SMILES string of the molecule is O=c1ccc2cnc(Nc3ccc(-n4cccn4)cc3)nc2n1C1CCC(C2CCCCC2)CC1. The summed E-state index contributed by atoms with van der Waals surface area (Å²) in [7, 11) is 0. The number of aromatic nitrogens is 5. The number of anilines is 2. The van der Waals surface area contributed by atoms with E-state index in [0.717, 1.165) is 47.1 Å². The van der Waals surface area contributed by atoms with Gasteiger partial charge in [0.15, 0.2) is 0 Å². The van der Waals surface area contributed by atoms with Crippen molar-refractivity contribution < 1.29 is 0 Å². The third kappa shape index (κ3) is 4.59. The molecule has 2 fully saturated rings. The fraction of sp³-hybridized carbons (Fsp3) is 0.429. The standard InChI is InChI=1S/C28H32N6O/c35-26-16-9-22-19-29-28(31-23-10-14-24(15-11-23)33-18-4-17-30-33)32-27(22)34(26)25-12-7-21(8-13-25)20-5-2-1-3-6-20/h4,9-11,14-21,25H,1-3,5-8,12-13H2,(H,29,31,32). The fourth-order valence-corrected chi connectivity index (χ4v) is 6.14. The van der Waals surface area contributed by atoms with Crippen LogP contribution >= 0.6 is 0 Å². The Labute approximate surface area is 205 Å². The van der Waals surface area contributed by atoms with Crippen LogP contribution in [-0.2, 0) is 0 Å². The van der Waals surface area contributed by atoms with Crippen LogP contribution in [0.5, 0.6) is 0 Å². The van der Waals surface area contributed by atoms with Crippen molar-refractivity contribution in [3.63, 3.8) is 0 Å².